The highest BCUT2D eigenvalue weighted by Gasteiger charge is 2.17. The van der Waals surface area contributed by atoms with Crippen molar-refractivity contribution in [2.45, 2.75) is 26.3 Å². The molecule has 0 amide bonds. The van der Waals surface area contributed by atoms with Gasteiger partial charge in [0.1, 0.15) is 11.6 Å². The van der Waals surface area contributed by atoms with Gasteiger partial charge in [-0.15, -0.1) is 0 Å². The first-order chi connectivity index (χ1) is 10.2. The van der Waals surface area contributed by atoms with Crippen LogP contribution in [0.5, 0.6) is 5.75 Å². The number of nitrogens with one attached hydrogen (secondary N) is 1. The highest BCUT2D eigenvalue weighted by atomic mass is 19.1. The Morgan fingerprint density at radius 1 is 1.29 bits per heavy atom. The Morgan fingerprint density at radius 3 is 2.81 bits per heavy atom. The number of hydrogen-bond donors (Lipinski definition) is 1. The molecule has 1 aromatic carbocycles. The zero-order valence-electron chi connectivity index (χ0n) is 12.7. The first-order valence-electron chi connectivity index (χ1n) is 7.14. The minimum atomic E-state index is -0.227. The molecule has 1 aromatic heterocycles. The number of rotatable bonds is 6. The van der Waals surface area contributed by atoms with Gasteiger partial charge in [-0.2, -0.15) is 0 Å². The maximum Gasteiger partial charge on any atom is 0.137 e. The van der Waals surface area contributed by atoms with Crippen LogP contribution in [0, 0.1) is 12.7 Å². The van der Waals surface area contributed by atoms with E-state index in [9.17, 15) is 4.39 Å². The van der Waals surface area contributed by atoms with Crippen molar-refractivity contribution in [2.75, 3.05) is 13.7 Å². The summed E-state index contributed by atoms with van der Waals surface area (Å²) in [5.74, 6) is 0.472. The van der Waals surface area contributed by atoms with Crippen LogP contribution in [0.3, 0.4) is 0 Å². The van der Waals surface area contributed by atoms with E-state index in [1.165, 1.54) is 6.07 Å². The molecule has 0 spiro atoms. The molecule has 1 atom stereocenters. The Balaban J connectivity index is 2.44. The van der Waals surface area contributed by atoms with Crippen molar-refractivity contribution in [1.29, 1.82) is 0 Å². The van der Waals surface area contributed by atoms with Crippen molar-refractivity contribution in [1.82, 2.24) is 10.3 Å². The third kappa shape index (κ3) is 3.79. The lowest BCUT2D eigenvalue weighted by atomic mass is 9.95. The Morgan fingerprint density at radius 2 is 2.10 bits per heavy atom. The molecule has 21 heavy (non-hydrogen) atoms. The summed E-state index contributed by atoms with van der Waals surface area (Å²) in [6.45, 7) is 4.94. The Kier molecular flexibility index (Phi) is 5.28. The number of halogens is 1. The molecule has 1 N–H and O–H groups in total. The molecule has 0 saturated carbocycles. The van der Waals surface area contributed by atoms with Crippen LogP contribution in [0.2, 0.25) is 0 Å². The van der Waals surface area contributed by atoms with Gasteiger partial charge in [0, 0.05) is 6.20 Å². The molecule has 2 aromatic rings. The van der Waals surface area contributed by atoms with Crippen LogP contribution in [-0.2, 0) is 0 Å². The molecule has 4 heteroatoms. The SMILES string of the molecule is CCCNC(c1cncc(OC)c1)c1cc(F)ccc1C. The number of methoxy groups -OCH3 is 1. The predicted octanol–water partition coefficient (Wildman–Crippen LogP) is 3.63. The molecule has 0 aliphatic carbocycles. The summed E-state index contributed by atoms with van der Waals surface area (Å²) in [6, 6.07) is 6.72. The van der Waals surface area contributed by atoms with Crippen molar-refractivity contribution < 1.29 is 9.13 Å². The number of benzene rings is 1. The van der Waals surface area contributed by atoms with Crippen molar-refractivity contribution in [3.05, 3.63) is 59.2 Å². The van der Waals surface area contributed by atoms with E-state index in [2.05, 4.69) is 17.2 Å². The van der Waals surface area contributed by atoms with Crippen LogP contribution in [0.4, 0.5) is 4.39 Å². The molecule has 0 radical (unpaired) electrons. The lowest BCUT2D eigenvalue weighted by Gasteiger charge is -2.21. The van der Waals surface area contributed by atoms with Crippen LogP contribution < -0.4 is 10.1 Å². The van der Waals surface area contributed by atoms with Gasteiger partial charge >= 0.3 is 0 Å². The zero-order valence-corrected chi connectivity index (χ0v) is 12.7. The first-order valence-corrected chi connectivity index (χ1v) is 7.14. The van der Waals surface area contributed by atoms with E-state index in [1.807, 2.05) is 13.0 Å². The fourth-order valence-electron chi connectivity index (χ4n) is 2.32. The van der Waals surface area contributed by atoms with Gasteiger partial charge in [0.25, 0.3) is 0 Å². The van der Waals surface area contributed by atoms with E-state index in [1.54, 1.807) is 31.6 Å². The molecule has 0 fully saturated rings. The Hall–Kier alpha value is -1.94. The van der Waals surface area contributed by atoms with Gasteiger partial charge in [0.2, 0.25) is 0 Å². The number of hydrogen-bond acceptors (Lipinski definition) is 3. The topological polar surface area (TPSA) is 34.2 Å². The zero-order chi connectivity index (χ0) is 15.2. The van der Waals surface area contributed by atoms with Crippen molar-refractivity contribution in [2.24, 2.45) is 0 Å². The minimum Gasteiger partial charge on any atom is -0.495 e. The smallest absolute Gasteiger partial charge is 0.137 e. The number of aryl methyl sites for hydroxylation is 1. The maximum absolute atomic E-state index is 13.6. The summed E-state index contributed by atoms with van der Waals surface area (Å²) in [5, 5.41) is 3.46. The molecule has 112 valence electrons. The van der Waals surface area contributed by atoms with Crippen LogP contribution in [0.1, 0.15) is 36.1 Å². The second-order valence-corrected chi connectivity index (χ2v) is 5.05. The molecular formula is C17H21FN2O. The first kappa shape index (κ1) is 15.4. The average Bonchev–Trinajstić information content (AvgIpc) is 2.51. The summed E-state index contributed by atoms with van der Waals surface area (Å²) in [5.41, 5.74) is 2.95. The fourth-order valence-corrected chi connectivity index (χ4v) is 2.32. The quantitative estimate of drug-likeness (QED) is 0.881. The van der Waals surface area contributed by atoms with Crippen LogP contribution in [0.15, 0.2) is 36.7 Å². The third-order valence-electron chi connectivity index (χ3n) is 3.45. The van der Waals surface area contributed by atoms with Crippen LogP contribution in [0.25, 0.3) is 0 Å². The molecule has 0 bridgehead atoms. The second-order valence-electron chi connectivity index (χ2n) is 5.05. The molecule has 0 aliphatic heterocycles. The molecule has 0 saturated heterocycles. The molecule has 2 rings (SSSR count). The molecular weight excluding hydrogens is 267 g/mol. The normalized spacial score (nSPS) is 12.2. The van der Waals surface area contributed by atoms with Gasteiger partial charge < -0.3 is 10.1 Å². The summed E-state index contributed by atoms with van der Waals surface area (Å²) < 4.78 is 18.9. The summed E-state index contributed by atoms with van der Waals surface area (Å²) in [6.07, 6.45) is 4.46. The van der Waals surface area contributed by atoms with Gasteiger partial charge in [0.15, 0.2) is 0 Å². The number of pyridine rings is 1. The van der Waals surface area contributed by atoms with E-state index in [0.29, 0.717) is 5.75 Å². The van der Waals surface area contributed by atoms with Crippen molar-refractivity contribution >= 4 is 0 Å². The number of nitrogens with zero attached hydrogens (tertiary/aromatic N) is 1. The van der Waals surface area contributed by atoms with Gasteiger partial charge in [-0.05, 0) is 54.8 Å². The number of ether oxygens (including phenoxy) is 1. The van der Waals surface area contributed by atoms with E-state index < -0.39 is 0 Å². The van der Waals surface area contributed by atoms with Gasteiger partial charge in [-0.25, -0.2) is 4.39 Å². The van der Waals surface area contributed by atoms with Crippen molar-refractivity contribution in [3.63, 3.8) is 0 Å². The highest BCUT2D eigenvalue weighted by Crippen LogP contribution is 2.27. The van der Waals surface area contributed by atoms with Gasteiger partial charge in [-0.3, -0.25) is 4.98 Å². The highest BCUT2D eigenvalue weighted by molar-refractivity contribution is 5.38. The molecule has 3 nitrogen and oxygen atoms in total. The predicted molar refractivity (Wildman–Crippen MR) is 82.1 cm³/mol. The van der Waals surface area contributed by atoms with E-state index in [-0.39, 0.29) is 11.9 Å². The molecule has 1 unspecified atom stereocenters. The molecule has 0 aliphatic rings. The maximum atomic E-state index is 13.6. The minimum absolute atomic E-state index is 0.0942. The third-order valence-corrected chi connectivity index (χ3v) is 3.45. The lowest BCUT2D eigenvalue weighted by Crippen LogP contribution is -2.24. The van der Waals surface area contributed by atoms with Crippen molar-refractivity contribution in [3.8, 4) is 5.75 Å². The van der Waals surface area contributed by atoms with Crippen LogP contribution >= 0.6 is 0 Å². The largest absolute Gasteiger partial charge is 0.495 e. The second kappa shape index (κ2) is 7.18. The Bertz CT molecular complexity index is 601. The summed E-state index contributed by atoms with van der Waals surface area (Å²) in [7, 11) is 1.61. The van der Waals surface area contributed by atoms with E-state index in [0.717, 1.165) is 29.7 Å². The standard InChI is InChI=1S/C17H21FN2O/c1-4-7-20-17(13-8-15(21-3)11-19-10-13)16-9-14(18)6-5-12(16)2/h5-6,8-11,17,20H,4,7H2,1-3H3. The van der Waals surface area contributed by atoms with Gasteiger partial charge in [0.05, 0.1) is 19.3 Å². The average molecular weight is 288 g/mol. The Labute approximate surface area is 125 Å². The summed E-state index contributed by atoms with van der Waals surface area (Å²) >= 11 is 0. The monoisotopic (exact) mass is 288 g/mol. The van der Waals surface area contributed by atoms with E-state index in [4.69, 9.17) is 4.74 Å². The summed E-state index contributed by atoms with van der Waals surface area (Å²) in [4.78, 5) is 4.20. The van der Waals surface area contributed by atoms with Gasteiger partial charge in [-0.1, -0.05) is 13.0 Å². The molecule has 1 heterocycles. The van der Waals surface area contributed by atoms with E-state index >= 15 is 0 Å². The lowest BCUT2D eigenvalue weighted by molar-refractivity contribution is 0.411. The fraction of sp³-hybridized carbons (Fsp3) is 0.353. The van der Waals surface area contributed by atoms with Crippen LogP contribution in [-0.4, -0.2) is 18.6 Å². The number of aromatic nitrogens is 1.